The Morgan fingerprint density at radius 3 is 2.79 bits per heavy atom. The van der Waals surface area contributed by atoms with E-state index in [2.05, 4.69) is 45.6 Å². The second-order valence-electron chi connectivity index (χ2n) is 6.39. The summed E-state index contributed by atoms with van der Waals surface area (Å²) < 4.78 is 0. The Bertz CT molecular complexity index is 657. The van der Waals surface area contributed by atoms with E-state index < -0.39 is 0 Å². The van der Waals surface area contributed by atoms with Gasteiger partial charge in [0.15, 0.2) is 5.11 Å². The highest BCUT2D eigenvalue weighted by atomic mass is 32.1. The average molecular weight is 340 g/mol. The van der Waals surface area contributed by atoms with Gasteiger partial charge >= 0.3 is 0 Å². The molecule has 1 saturated heterocycles. The first kappa shape index (κ1) is 16.7. The third-order valence-corrected chi connectivity index (χ3v) is 4.53. The number of pyridine rings is 1. The fraction of sp³-hybridized carbons (Fsp3) is 0.368. The van der Waals surface area contributed by atoms with Crippen LogP contribution in [0.4, 0.5) is 11.5 Å². The molecule has 1 aliphatic rings. The first-order valence-corrected chi connectivity index (χ1v) is 8.91. The molecule has 2 heterocycles. The van der Waals surface area contributed by atoms with Crippen molar-refractivity contribution in [3.8, 4) is 0 Å². The minimum Gasteiger partial charge on any atom is -0.358 e. The number of nitrogens with zero attached hydrogens (tertiary/aromatic N) is 2. The summed E-state index contributed by atoms with van der Waals surface area (Å²) in [4.78, 5) is 6.95. The van der Waals surface area contributed by atoms with Crippen LogP contribution in [0, 0.1) is 5.92 Å². The van der Waals surface area contributed by atoms with Gasteiger partial charge in [-0.15, -0.1) is 0 Å². The monoisotopic (exact) mass is 340 g/mol. The maximum Gasteiger partial charge on any atom is 0.171 e. The van der Waals surface area contributed by atoms with Crippen LogP contribution in [0.5, 0.6) is 0 Å². The van der Waals surface area contributed by atoms with Crippen LogP contribution >= 0.6 is 12.2 Å². The number of anilines is 2. The molecule has 5 heteroatoms. The van der Waals surface area contributed by atoms with Gasteiger partial charge in [0.2, 0.25) is 0 Å². The topological polar surface area (TPSA) is 40.2 Å². The van der Waals surface area contributed by atoms with E-state index in [4.69, 9.17) is 12.2 Å². The molecule has 0 amide bonds. The number of rotatable bonds is 4. The van der Waals surface area contributed by atoms with Crippen molar-refractivity contribution >= 4 is 28.8 Å². The molecule has 0 radical (unpaired) electrons. The number of thiocarbonyl (C=S) groups is 1. The summed E-state index contributed by atoms with van der Waals surface area (Å²) in [6.07, 6.45) is 4.42. The van der Waals surface area contributed by atoms with E-state index in [0.717, 1.165) is 30.5 Å². The van der Waals surface area contributed by atoms with Crippen LogP contribution in [0.25, 0.3) is 0 Å². The van der Waals surface area contributed by atoms with E-state index in [1.165, 1.54) is 18.4 Å². The molecule has 126 valence electrons. The van der Waals surface area contributed by atoms with Crippen molar-refractivity contribution in [3.63, 3.8) is 0 Å². The molecule has 0 spiro atoms. The summed E-state index contributed by atoms with van der Waals surface area (Å²) in [6, 6.07) is 14.3. The molecule has 1 aromatic heterocycles. The molecular weight excluding hydrogens is 316 g/mol. The van der Waals surface area contributed by atoms with Gasteiger partial charge in [-0.25, -0.2) is 4.98 Å². The molecule has 4 nitrogen and oxygen atoms in total. The Kier molecular flexibility index (Phi) is 5.64. The molecule has 1 atom stereocenters. The summed E-state index contributed by atoms with van der Waals surface area (Å²) >= 11 is 5.35. The van der Waals surface area contributed by atoms with Crippen LogP contribution in [0.2, 0.25) is 0 Å². The standard InChI is InChI=1S/C19H24N4S/c1-15-6-5-11-23(14-15)18-10-9-17(13-20-18)22-19(24)21-12-16-7-3-2-4-8-16/h2-4,7-10,13,15H,5-6,11-12,14H2,1H3,(H2,21,22,24)/t15-/m1/s1. The molecule has 0 unspecified atom stereocenters. The van der Waals surface area contributed by atoms with E-state index in [1.54, 1.807) is 0 Å². The predicted octanol–water partition coefficient (Wildman–Crippen LogP) is 3.80. The largest absolute Gasteiger partial charge is 0.358 e. The van der Waals surface area contributed by atoms with Gasteiger partial charge in [0.1, 0.15) is 5.82 Å². The highest BCUT2D eigenvalue weighted by Gasteiger charge is 2.17. The molecule has 1 aliphatic heterocycles. The van der Waals surface area contributed by atoms with E-state index in [9.17, 15) is 0 Å². The number of benzene rings is 1. The van der Waals surface area contributed by atoms with Crippen LogP contribution in [0.3, 0.4) is 0 Å². The lowest BCUT2D eigenvalue weighted by Gasteiger charge is -2.31. The zero-order valence-electron chi connectivity index (χ0n) is 14.0. The van der Waals surface area contributed by atoms with Gasteiger partial charge in [0, 0.05) is 19.6 Å². The molecule has 24 heavy (non-hydrogen) atoms. The quantitative estimate of drug-likeness (QED) is 0.829. The Hall–Kier alpha value is -2.14. The zero-order valence-corrected chi connectivity index (χ0v) is 14.9. The third-order valence-electron chi connectivity index (χ3n) is 4.28. The first-order chi connectivity index (χ1) is 11.7. The van der Waals surface area contributed by atoms with Gasteiger partial charge in [-0.2, -0.15) is 0 Å². The molecule has 1 aromatic carbocycles. The van der Waals surface area contributed by atoms with Gasteiger partial charge in [0.25, 0.3) is 0 Å². The number of hydrogen-bond acceptors (Lipinski definition) is 3. The lowest BCUT2D eigenvalue weighted by atomic mass is 10.0. The molecule has 0 saturated carbocycles. The van der Waals surface area contributed by atoms with E-state index in [1.807, 2.05) is 30.5 Å². The molecule has 0 aliphatic carbocycles. The Balaban J connectivity index is 1.51. The number of hydrogen-bond donors (Lipinski definition) is 2. The van der Waals surface area contributed by atoms with Gasteiger partial charge in [-0.3, -0.25) is 0 Å². The Morgan fingerprint density at radius 2 is 2.08 bits per heavy atom. The van der Waals surface area contributed by atoms with Crippen LogP contribution in [0.15, 0.2) is 48.7 Å². The summed E-state index contributed by atoms with van der Waals surface area (Å²) in [5, 5.41) is 7.01. The van der Waals surface area contributed by atoms with Crippen molar-refractivity contribution < 1.29 is 0 Å². The summed E-state index contributed by atoms with van der Waals surface area (Å²) in [5.74, 6) is 1.79. The van der Waals surface area contributed by atoms with Gasteiger partial charge in [-0.1, -0.05) is 37.3 Å². The molecule has 0 bridgehead atoms. The van der Waals surface area contributed by atoms with Crippen LogP contribution in [-0.4, -0.2) is 23.2 Å². The van der Waals surface area contributed by atoms with Crippen molar-refractivity contribution in [2.75, 3.05) is 23.3 Å². The van der Waals surface area contributed by atoms with E-state index in [-0.39, 0.29) is 0 Å². The SMILES string of the molecule is C[C@@H]1CCCN(c2ccc(NC(=S)NCc3ccccc3)cn2)C1. The molecule has 1 fully saturated rings. The Labute approximate surface area is 149 Å². The van der Waals surface area contributed by atoms with Crippen molar-refractivity contribution in [3.05, 3.63) is 54.2 Å². The fourth-order valence-corrected chi connectivity index (χ4v) is 3.19. The number of piperidine rings is 1. The summed E-state index contributed by atoms with van der Waals surface area (Å²) in [6.45, 7) is 5.21. The van der Waals surface area contributed by atoms with Crippen molar-refractivity contribution in [1.82, 2.24) is 10.3 Å². The average Bonchev–Trinajstić information content (AvgIpc) is 2.61. The molecule has 3 rings (SSSR count). The second-order valence-corrected chi connectivity index (χ2v) is 6.80. The van der Waals surface area contributed by atoms with E-state index in [0.29, 0.717) is 11.7 Å². The molecule has 2 aromatic rings. The van der Waals surface area contributed by atoms with Crippen molar-refractivity contribution in [2.24, 2.45) is 5.92 Å². The minimum absolute atomic E-state index is 0.611. The third kappa shape index (κ3) is 4.68. The zero-order chi connectivity index (χ0) is 16.8. The van der Waals surface area contributed by atoms with Crippen molar-refractivity contribution in [1.29, 1.82) is 0 Å². The van der Waals surface area contributed by atoms with Crippen molar-refractivity contribution in [2.45, 2.75) is 26.3 Å². The first-order valence-electron chi connectivity index (χ1n) is 8.50. The normalized spacial score (nSPS) is 17.4. The number of nitrogens with one attached hydrogen (secondary N) is 2. The lowest BCUT2D eigenvalue weighted by molar-refractivity contribution is 0.444. The smallest absolute Gasteiger partial charge is 0.171 e. The summed E-state index contributed by atoms with van der Waals surface area (Å²) in [7, 11) is 0. The summed E-state index contributed by atoms with van der Waals surface area (Å²) in [5.41, 5.74) is 2.11. The van der Waals surface area contributed by atoms with Gasteiger partial charge in [0.05, 0.1) is 11.9 Å². The second kappa shape index (κ2) is 8.11. The predicted molar refractivity (Wildman–Crippen MR) is 104 cm³/mol. The van der Waals surface area contributed by atoms with Crippen LogP contribution < -0.4 is 15.5 Å². The molecular formula is C19H24N4S. The number of aromatic nitrogens is 1. The fourth-order valence-electron chi connectivity index (χ4n) is 3.00. The lowest BCUT2D eigenvalue weighted by Crippen LogP contribution is -2.34. The molecule has 2 N–H and O–H groups in total. The van der Waals surface area contributed by atoms with E-state index >= 15 is 0 Å². The maximum atomic E-state index is 5.35. The minimum atomic E-state index is 0.611. The maximum absolute atomic E-state index is 5.35. The highest BCUT2D eigenvalue weighted by molar-refractivity contribution is 7.80. The van der Waals surface area contributed by atoms with Gasteiger partial charge < -0.3 is 15.5 Å². The van der Waals surface area contributed by atoms with Crippen LogP contribution in [0.1, 0.15) is 25.3 Å². The van der Waals surface area contributed by atoms with Gasteiger partial charge in [-0.05, 0) is 48.7 Å². The highest BCUT2D eigenvalue weighted by Crippen LogP contribution is 2.22. The van der Waals surface area contributed by atoms with Crippen LogP contribution in [-0.2, 0) is 6.54 Å². The Morgan fingerprint density at radius 1 is 1.25 bits per heavy atom.